The molecule has 7 nitrogen and oxygen atoms in total. The molecular weight excluding hydrogens is 474 g/mol. The van der Waals surface area contributed by atoms with Gasteiger partial charge in [0.2, 0.25) is 10.0 Å². The first-order chi connectivity index (χ1) is 16.1. The molecule has 176 valence electrons. The number of aromatic amines is 1. The summed E-state index contributed by atoms with van der Waals surface area (Å²) in [5, 5.41) is 1.19. The third kappa shape index (κ3) is 4.64. The monoisotopic (exact) mass is 497 g/mol. The van der Waals surface area contributed by atoms with Crippen molar-refractivity contribution in [3.05, 3.63) is 92.5 Å². The Kier molecular flexibility index (Phi) is 6.38. The van der Waals surface area contributed by atoms with Crippen LogP contribution >= 0.6 is 11.6 Å². The molecule has 0 radical (unpaired) electrons. The van der Waals surface area contributed by atoms with Gasteiger partial charge in [-0.2, -0.15) is 0 Å². The number of hydrogen-bond donors (Lipinski definition) is 2. The Balaban J connectivity index is 2.12. The lowest BCUT2D eigenvalue weighted by atomic mass is 10.0. The predicted molar refractivity (Wildman–Crippen MR) is 135 cm³/mol. The average Bonchev–Trinajstić information content (AvgIpc) is 3.07. The SMILES string of the molecule is CCc1ccc2c(c1)c(-c1ccc(C)[nH]c1=O)c(C(=O)NS(C)(=O)=O)n2Cc1ccccc1Cl. The van der Waals surface area contributed by atoms with Crippen molar-refractivity contribution in [2.45, 2.75) is 26.8 Å². The molecule has 4 rings (SSSR count). The minimum absolute atomic E-state index is 0.0722. The number of H-pyrrole nitrogens is 1. The lowest BCUT2D eigenvalue weighted by molar-refractivity contribution is 0.0974. The second kappa shape index (κ2) is 9.12. The van der Waals surface area contributed by atoms with Crippen LogP contribution in [0, 0.1) is 6.92 Å². The largest absolute Gasteiger partial charge is 0.331 e. The summed E-state index contributed by atoms with van der Waals surface area (Å²) in [6.45, 7) is 3.98. The van der Waals surface area contributed by atoms with E-state index in [9.17, 15) is 18.0 Å². The van der Waals surface area contributed by atoms with Gasteiger partial charge in [-0.3, -0.25) is 9.59 Å². The summed E-state index contributed by atoms with van der Waals surface area (Å²) in [6, 6.07) is 16.4. The van der Waals surface area contributed by atoms with E-state index in [1.54, 1.807) is 29.7 Å². The standard InChI is InChI=1S/C25H24ClN3O4S/c1-4-16-10-12-21-19(13-16)22(18-11-9-15(2)27-24(18)30)23(25(31)28-34(3,32)33)29(21)14-17-7-5-6-8-20(17)26/h5-13H,4,14H2,1-3H3,(H,27,30)(H,28,31). The van der Waals surface area contributed by atoms with Gasteiger partial charge in [-0.25, -0.2) is 13.1 Å². The fourth-order valence-corrected chi connectivity index (χ4v) is 4.71. The maximum Gasteiger partial charge on any atom is 0.282 e. The third-order valence-corrected chi connectivity index (χ3v) is 6.57. The molecule has 0 unspecified atom stereocenters. The number of carbonyl (C=O) groups is 1. The quantitative estimate of drug-likeness (QED) is 0.415. The number of fused-ring (bicyclic) bond motifs is 1. The molecule has 0 spiro atoms. The summed E-state index contributed by atoms with van der Waals surface area (Å²) < 4.78 is 27.8. The smallest absolute Gasteiger partial charge is 0.282 e. The molecule has 9 heteroatoms. The van der Waals surface area contributed by atoms with Crippen molar-refractivity contribution in [1.82, 2.24) is 14.3 Å². The molecule has 0 atom stereocenters. The van der Waals surface area contributed by atoms with Gasteiger partial charge in [0.05, 0.1) is 6.26 Å². The van der Waals surface area contributed by atoms with E-state index < -0.39 is 15.9 Å². The van der Waals surface area contributed by atoms with Crippen LogP contribution in [0.2, 0.25) is 5.02 Å². The van der Waals surface area contributed by atoms with Crippen molar-refractivity contribution in [2.24, 2.45) is 0 Å². The predicted octanol–water partition coefficient (Wildman–Crippen LogP) is 4.26. The fraction of sp³-hybridized carbons (Fsp3) is 0.200. The van der Waals surface area contributed by atoms with Crippen LogP contribution in [0.15, 0.2) is 59.4 Å². The average molecular weight is 498 g/mol. The lowest BCUT2D eigenvalue weighted by Gasteiger charge is -2.13. The number of aryl methyl sites for hydroxylation is 2. The molecule has 4 aromatic rings. The van der Waals surface area contributed by atoms with Crippen LogP contribution in [0.1, 0.15) is 34.2 Å². The minimum Gasteiger partial charge on any atom is -0.331 e. The van der Waals surface area contributed by atoms with Crippen molar-refractivity contribution in [3.63, 3.8) is 0 Å². The van der Waals surface area contributed by atoms with Crippen LogP contribution in [-0.2, 0) is 23.0 Å². The minimum atomic E-state index is -3.86. The van der Waals surface area contributed by atoms with Crippen LogP contribution in [-0.4, -0.2) is 30.1 Å². The Hall–Kier alpha value is -3.36. The number of amides is 1. The summed E-state index contributed by atoms with van der Waals surface area (Å²) in [6.07, 6.45) is 1.67. The normalized spacial score (nSPS) is 11.6. The Morgan fingerprint density at radius 1 is 1.12 bits per heavy atom. The molecule has 0 bridgehead atoms. The van der Waals surface area contributed by atoms with E-state index in [4.69, 9.17) is 11.6 Å². The van der Waals surface area contributed by atoms with Gasteiger partial charge in [0.25, 0.3) is 11.5 Å². The number of aromatic nitrogens is 2. The van der Waals surface area contributed by atoms with E-state index >= 15 is 0 Å². The van der Waals surface area contributed by atoms with E-state index in [1.807, 2.05) is 43.3 Å². The van der Waals surface area contributed by atoms with E-state index in [1.165, 1.54) is 0 Å². The van der Waals surface area contributed by atoms with Gasteiger partial charge >= 0.3 is 0 Å². The molecule has 34 heavy (non-hydrogen) atoms. The Morgan fingerprint density at radius 2 is 1.85 bits per heavy atom. The van der Waals surface area contributed by atoms with Crippen LogP contribution < -0.4 is 10.3 Å². The number of sulfonamides is 1. The Labute approximate surface area is 202 Å². The molecule has 0 saturated carbocycles. The number of carbonyl (C=O) groups excluding carboxylic acids is 1. The molecule has 2 aromatic heterocycles. The Morgan fingerprint density at radius 3 is 2.50 bits per heavy atom. The lowest BCUT2D eigenvalue weighted by Crippen LogP contribution is -2.32. The summed E-state index contributed by atoms with van der Waals surface area (Å²) in [4.78, 5) is 29.2. The van der Waals surface area contributed by atoms with Crippen LogP contribution in [0.4, 0.5) is 0 Å². The van der Waals surface area contributed by atoms with Crippen molar-refractivity contribution in [3.8, 4) is 11.1 Å². The fourth-order valence-electron chi connectivity index (χ4n) is 4.08. The Bertz CT molecular complexity index is 1590. The molecule has 0 saturated heterocycles. The highest BCUT2D eigenvalue weighted by Crippen LogP contribution is 2.36. The highest BCUT2D eigenvalue weighted by atomic mass is 35.5. The van der Waals surface area contributed by atoms with Gasteiger partial charge in [0.15, 0.2) is 0 Å². The highest BCUT2D eigenvalue weighted by molar-refractivity contribution is 7.89. The first-order valence-electron chi connectivity index (χ1n) is 10.7. The zero-order valence-corrected chi connectivity index (χ0v) is 20.5. The first kappa shape index (κ1) is 23.8. The van der Waals surface area contributed by atoms with Gasteiger partial charge in [-0.15, -0.1) is 0 Å². The molecule has 0 aliphatic heterocycles. The van der Waals surface area contributed by atoms with Gasteiger partial charge in [0.1, 0.15) is 5.69 Å². The summed E-state index contributed by atoms with van der Waals surface area (Å²) in [7, 11) is -3.86. The first-order valence-corrected chi connectivity index (χ1v) is 13.0. The summed E-state index contributed by atoms with van der Waals surface area (Å²) in [5.74, 6) is -0.821. The van der Waals surface area contributed by atoms with E-state index in [2.05, 4.69) is 9.71 Å². The molecule has 2 N–H and O–H groups in total. The maximum atomic E-state index is 13.4. The molecule has 2 aromatic carbocycles. The molecule has 0 aliphatic carbocycles. The molecule has 0 fully saturated rings. The van der Waals surface area contributed by atoms with Crippen molar-refractivity contribution < 1.29 is 13.2 Å². The van der Waals surface area contributed by atoms with Gasteiger partial charge in [-0.05, 0) is 54.8 Å². The zero-order chi connectivity index (χ0) is 24.6. The van der Waals surface area contributed by atoms with Crippen LogP contribution in [0.5, 0.6) is 0 Å². The number of rotatable bonds is 6. The highest BCUT2D eigenvalue weighted by Gasteiger charge is 2.27. The van der Waals surface area contributed by atoms with E-state index in [0.29, 0.717) is 27.2 Å². The number of nitrogens with zero attached hydrogens (tertiary/aromatic N) is 1. The third-order valence-electron chi connectivity index (χ3n) is 5.64. The number of benzene rings is 2. The van der Waals surface area contributed by atoms with Crippen molar-refractivity contribution in [1.29, 1.82) is 0 Å². The second-order valence-electron chi connectivity index (χ2n) is 8.19. The van der Waals surface area contributed by atoms with Gasteiger partial charge in [0, 0.05) is 39.3 Å². The molecule has 0 aliphatic rings. The van der Waals surface area contributed by atoms with Crippen molar-refractivity contribution >= 4 is 38.4 Å². The zero-order valence-electron chi connectivity index (χ0n) is 19.0. The van der Waals surface area contributed by atoms with E-state index in [-0.39, 0.29) is 23.4 Å². The second-order valence-corrected chi connectivity index (χ2v) is 10.3. The number of nitrogens with one attached hydrogen (secondary N) is 2. The molecular formula is C25H24ClN3O4S. The summed E-state index contributed by atoms with van der Waals surface area (Å²) in [5.41, 5.74) is 3.48. The van der Waals surface area contributed by atoms with Gasteiger partial charge in [-0.1, -0.05) is 42.8 Å². The topological polar surface area (TPSA) is 101 Å². The van der Waals surface area contributed by atoms with Crippen LogP contribution in [0.25, 0.3) is 22.0 Å². The number of pyridine rings is 1. The summed E-state index contributed by atoms with van der Waals surface area (Å²) >= 11 is 6.41. The molecule has 1 amide bonds. The maximum absolute atomic E-state index is 13.4. The van der Waals surface area contributed by atoms with Gasteiger partial charge < -0.3 is 9.55 Å². The number of hydrogen-bond acceptors (Lipinski definition) is 4. The van der Waals surface area contributed by atoms with E-state index in [0.717, 1.165) is 23.8 Å². The molecule has 2 heterocycles. The number of halogens is 1. The van der Waals surface area contributed by atoms with Crippen LogP contribution in [0.3, 0.4) is 0 Å². The van der Waals surface area contributed by atoms with Crippen molar-refractivity contribution in [2.75, 3.05) is 6.26 Å².